The average Bonchev–Trinajstić information content (AvgIpc) is 3.44. The number of nitrogens with zero attached hydrogens (tertiary/aromatic N) is 2. The molecule has 1 atom stereocenters. The van der Waals surface area contributed by atoms with Crippen molar-refractivity contribution in [3.63, 3.8) is 0 Å². The van der Waals surface area contributed by atoms with Crippen molar-refractivity contribution in [3.05, 3.63) is 75.8 Å². The zero-order valence-corrected chi connectivity index (χ0v) is 20.2. The van der Waals surface area contributed by atoms with Gasteiger partial charge in [-0.3, -0.25) is 9.89 Å². The van der Waals surface area contributed by atoms with E-state index < -0.39 is 0 Å². The minimum atomic E-state index is 0.689. The van der Waals surface area contributed by atoms with Gasteiger partial charge >= 0.3 is 0 Å². The third-order valence-electron chi connectivity index (χ3n) is 6.61. The van der Waals surface area contributed by atoms with Crippen molar-refractivity contribution in [1.82, 2.24) is 4.90 Å². The van der Waals surface area contributed by atoms with Crippen molar-refractivity contribution in [2.24, 2.45) is 10.9 Å². The van der Waals surface area contributed by atoms with Crippen LogP contribution in [-0.2, 0) is 17.6 Å². The van der Waals surface area contributed by atoms with Crippen LogP contribution in [-0.4, -0.2) is 44.6 Å². The van der Waals surface area contributed by atoms with E-state index in [0.29, 0.717) is 5.90 Å². The molecular weight excluding hydrogens is 416 g/mol. The number of aryl methyl sites for hydroxylation is 1. The summed E-state index contributed by atoms with van der Waals surface area (Å²) in [6, 6.07) is 12.9. The molecule has 1 fully saturated rings. The van der Waals surface area contributed by atoms with E-state index in [1.54, 1.807) is 14.2 Å². The first-order valence-corrected chi connectivity index (χ1v) is 12.0. The third kappa shape index (κ3) is 5.00. The second-order valence-corrected chi connectivity index (χ2v) is 9.30. The molecule has 1 saturated heterocycles. The monoisotopic (exact) mass is 448 g/mol. The molecule has 0 saturated carbocycles. The van der Waals surface area contributed by atoms with E-state index in [2.05, 4.69) is 71.4 Å². The summed E-state index contributed by atoms with van der Waals surface area (Å²) in [7, 11) is 3.47. The maximum atomic E-state index is 6.90. The molecule has 1 heterocycles. The van der Waals surface area contributed by atoms with E-state index in [9.17, 15) is 0 Å². The maximum Gasteiger partial charge on any atom is 0.212 e. The van der Waals surface area contributed by atoms with Gasteiger partial charge in [-0.05, 0) is 60.4 Å². The predicted molar refractivity (Wildman–Crippen MR) is 137 cm³/mol. The molecule has 4 rings (SSSR count). The number of methoxy groups -OCH3 is 1. The maximum absolute atomic E-state index is 6.90. The normalized spacial score (nSPS) is 19.7. The Morgan fingerprint density at radius 1 is 1.19 bits per heavy atom. The standard InChI is InChI=1S/C28H33ClN2O/c1-20-16-17-31(18-20)19-23(28(30-2)32-3)12-4-10-22-11-7-15-26(27(22)29)25-14-6-9-21-8-5-13-24(21)25/h4,6-7,9-12,14-15,20H,5,8,13,16-19H2,1-3H3/b10-4+,23-12-,30-28?. The zero-order chi connectivity index (χ0) is 22.5. The lowest BCUT2D eigenvalue weighted by atomic mass is 9.95. The molecule has 0 spiro atoms. The summed E-state index contributed by atoms with van der Waals surface area (Å²) in [5.74, 6) is 1.44. The van der Waals surface area contributed by atoms with Gasteiger partial charge in [0, 0.05) is 31.3 Å². The number of likely N-dealkylation sites (tertiary alicyclic amines) is 1. The second kappa shape index (κ2) is 10.5. The summed E-state index contributed by atoms with van der Waals surface area (Å²) in [5.41, 5.74) is 7.44. The quantitative estimate of drug-likeness (QED) is 0.288. The van der Waals surface area contributed by atoms with Crippen LogP contribution >= 0.6 is 11.6 Å². The number of benzene rings is 2. The molecule has 1 unspecified atom stereocenters. The van der Waals surface area contributed by atoms with Crippen LogP contribution in [0, 0.1) is 5.92 Å². The number of fused-ring (bicyclic) bond motifs is 1. The summed E-state index contributed by atoms with van der Waals surface area (Å²) in [6.07, 6.45) is 11.1. The number of allylic oxidation sites excluding steroid dienone is 2. The highest BCUT2D eigenvalue weighted by molar-refractivity contribution is 6.34. The van der Waals surface area contributed by atoms with Gasteiger partial charge in [0.15, 0.2) is 0 Å². The SMILES string of the molecule is CN=C(OC)/C(=C\C=C\c1cccc(-c2cccc3c2CCC3)c1Cl)CN1CCC(C)C1. The molecule has 32 heavy (non-hydrogen) atoms. The molecule has 0 N–H and O–H groups in total. The Morgan fingerprint density at radius 3 is 2.75 bits per heavy atom. The van der Waals surface area contributed by atoms with Crippen molar-refractivity contribution in [2.75, 3.05) is 33.8 Å². The van der Waals surface area contributed by atoms with E-state index in [0.717, 1.165) is 53.7 Å². The van der Waals surface area contributed by atoms with E-state index in [1.807, 2.05) is 0 Å². The van der Waals surface area contributed by atoms with Gasteiger partial charge < -0.3 is 4.74 Å². The number of hydrogen-bond acceptors (Lipinski definition) is 3. The molecule has 0 radical (unpaired) electrons. The molecule has 0 aromatic heterocycles. The van der Waals surface area contributed by atoms with Crippen LogP contribution in [0.3, 0.4) is 0 Å². The Labute approximate surface area is 197 Å². The zero-order valence-electron chi connectivity index (χ0n) is 19.4. The summed E-state index contributed by atoms with van der Waals surface area (Å²) in [4.78, 5) is 6.81. The first kappa shape index (κ1) is 22.8. The Hall–Kier alpha value is -2.36. The molecule has 2 aromatic rings. The smallest absolute Gasteiger partial charge is 0.212 e. The lowest BCUT2D eigenvalue weighted by molar-refractivity contribution is 0.348. The van der Waals surface area contributed by atoms with Crippen molar-refractivity contribution in [3.8, 4) is 11.1 Å². The lowest BCUT2D eigenvalue weighted by Crippen LogP contribution is -2.26. The van der Waals surface area contributed by atoms with E-state index in [4.69, 9.17) is 16.3 Å². The van der Waals surface area contributed by atoms with Crippen LogP contribution in [0.5, 0.6) is 0 Å². The van der Waals surface area contributed by atoms with Crippen molar-refractivity contribution >= 4 is 23.6 Å². The lowest BCUT2D eigenvalue weighted by Gasteiger charge is -2.18. The van der Waals surface area contributed by atoms with Gasteiger partial charge in [-0.25, -0.2) is 0 Å². The highest BCUT2D eigenvalue weighted by Crippen LogP contribution is 2.37. The summed E-state index contributed by atoms with van der Waals surface area (Å²) >= 11 is 6.90. The Kier molecular flexibility index (Phi) is 7.49. The number of ether oxygens (including phenoxy) is 1. The third-order valence-corrected chi connectivity index (χ3v) is 7.03. The van der Waals surface area contributed by atoms with Gasteiger partial charge in [0.2, 0.25) is 5.90 Å². The number of halogens is 1. The summed E-state index contributed by atoms with van der Waals surface area (Å²) in [5, 5.41) is 0.809. The largest absolute Gasteiger partial charge is 0.481 e. The van der Waals surface area contributed by atoms with Gasteiger partial charge in [0.05, 0.1) is 12.1 Å². The first-order chi connectivity index (χ1) is 15.6. The molecule has 3 nitrogen and oxygen atoms in total. The van der Waals surface area contributed by atoms with Gasteiger partial charge in [-0.15, -0.1) is 0 Å². The fraction of sp³-hybridized carbons (Fsp3) is 0.393. The molecule has 2 aromatic carbocycles. The first-order valence-electron chi connectivity index (χ1n) is 11.6. The van der Waals surface area contributed by atoms with Crippen molar-refractivity contribution < 1.29 is 4.74 Å². The van der Waals surface area contributed by atoms with Gasteiger partial charge in [0.1, 0.15) is 0 Å². The summed E-state index contributed by atoms with van der Waals surface area (Å²) in [6.45, 7) is 5.40. The minimum absolute atomic E-state index is 0.689. The molecule has 4 heteroatoms. The van der Waals surface area contributed by atoms with E-state index in [1.165, 1.54) is 36.0 Å². The molecular formula is C28H33ClN2O. The fourth-order valence-electron chi connectivity index (χ4n) is 4.99. The van der Waals surface area contributed by atoms with E-state index >= 15 is 0 Å². The molecule has 1 aliphatic carbocycles. The Bertz CT molecular complexity index is 1050. The van der Waals surface area contributed by atoms with Crippen LogP contribution in [0.25, 0.3) is 17.2 Å². The molecule has 0 bridgehead atoms. The fourth-order valence-corrected chi connectivity index (χ4v) is 5.29. The van der Waals surface area contributed by atoms with Crippen LogP contribution in [0.4, 0.5) is 0 Å². The molecule has 1 aliphatic heterocycles. The van der Waals surface area contributed by atoms with Gasteiger partial charge in [0.25, 0.3) is 0 Å². The highest BCUT2D eigenvalue weighted by Gasteiger charge is 2.21. The van der Waals surface area contributed by atoms with Gasteiger partial charge in [-0.2, -0.15) is 0 Å². The summed E-state index contributed by atoms with van der Waals surface area (Å²) < 4.78 is 5.54. The van der Waals surface area contributed by atoms with Crippen LogP contribution in [0.2, 0.25) is 5.02 Å². The van der Waals surface area contributed by atoms with Crippen LogP contribution < -0.4 is 0 Å². The average molecular weight is 449 g/mol. The molecule has 2 aliphatic rings. The van der Waals surface area contributed by atoms with Crippen LogP contribution in [0.15, 0.2) is 59.1 Å². The topological polar surface area (TPSA) is 24.8 Å². The van der Waals surface area contributed by atoms with Crippen molar-refractivity contribution in [2.45, 2.75) is 32.6 Å². The number of rotatable bonds is 6. The number of aliphatic imine (C=N–C) groups is 1. The van der Waals surface area contributed by atoms with Gasteiger partial charge in [-0.1, -0.05) is 73.2 Å². The van der Waals surface area contributed by atoms with Crippen LogP contribution in [0.1, 0.15) is 36.5 Å². The Morgan fingerprint density at radius 2 is 2.00 bits per heavy atom. The second-order valence-electron chi connectivity index (χ2n) is 8.92. The van der Waals surface area contributed by atoms with Crippen molar-refractivity contribution in [1.29, 1.82) is 0 Å². The number of hydrogen-bond donors (Lipinski definition) is 0. The molecule has 168 valence electrons. The van der Waals surface area contributed by atoms with E-state index in [-0.39, 0.29) is 0 Å². The molecule has 0 amide bonds. The highest BCUT2D eigenvalue weighted by atomic mass is 35.5. The Balaban J connectivity index is 1.60. The predicted octanol–water partition coefficient (Wildman–Crippen LogP) is 6.45. The minimum Gasteiger partial charge on any atom is -0.481 e.